The first kappa shape index (κ1) is 28.5. The number of halogens is 5. The van der Waals surface area contributed by atoms with Gasteiger partial charge in [0.2, 0.25) is 0 Å². The largest absolute Gasteiger partial charge is 0.465 e. The van der Waals surface area contributed by atoms with Gasteiger partial charge >= 0.3 is 5.97 Å². The fourth-order valence-corrected chi connectivity index (χ4v) is 6.31. The lowest BCUT2D eigenvalue weighted by Gasteiger charge is -2.42. The number of rotatable bonds is 9. The topological polar surface area (TPSA) is 48.6 Å². The van der Waals surface area contributed by atoms with Gasteiger partial charge in [0.15, 0.2) is 0 Å². The molecule has 2 atom stereocenters. The molecule has 0 radical (unpaired) electrons. The Labute approximate surface area is 230 Å². The van der Waals surface area contributed by atoms with Crippen LogP contribution < -0.4 is 0 Å². The van der Waals surface area contributed by atoms with E-state index in [2.05, 4.69) is 9.88 Å². The van der Waals surface area contributed by atoms with Crippen LogP contribution in [0, 0.1) is 17.6 Å². The Kier molecular flexibility index (Phi) is 7.94. The lowest BCUT2D eigenvalue weighted by atomic mass is 9.86. The summed E-state index contributed by atoms with van der Waals surface area (Å²) in [7, 11) is 1.27. The lowest BCUT2D eigenvalue weighted by Crippen LogP contribution is -2.48. The van der Waals surface area contributed by atoms with Crippen molar-refractivity contribution in [1.29, 1.82) is 0 Å². The first-order valence-electron chi connectivity index (χ1n) is 13.6. The molecule has 3 aromatic rings. The van der Waals surface area contributed by atoms with Crippen molar-refractivity contribution in [3.05, 3.63) is 69.9 Å². The number of hydrogen-bond donors (Lipinski definition) is 1. The van der Waals surface area contributed by atoms with Gasteiger partial charge in [0.1, 0.15) is 11.6 Å². The summed E-state index contributed by atoms with van der Waals surface area (Å²) >= 11 is 0. The van der Waals surface area contributed by atoms with E-state index in [0.717, 1.165) is 31.0 Å². The van der Waals surface area contributed by atoms with Crippen molar-refractivity contribution in [2.45, 2.75) is 51.1 Å². The monoisotopic (exact) mass is 563 g/mol. The van der Waals surface area contributed by atoms with E-state index in [4.69, 9.17) is 4.74 Å². The summed E-state index contributed by atoms with van der Waals surface area (Å²) in [5, 5.41) is 0.766. The van der Waals surface area contributed by atoms with Crippen LogP contribution in [0.2, 0.25) is 0 Å². The zero-order chi connectivity index (χ0) is 28.8. The lowest BCUT2D eigenvalue weighted by molar-refractivity contribution is -0.0374. The van der Waals surface area contributed by atoms with Crippen molar-refractivity contribution >= 4 is 16.9 Å². The van der Waals surface area contributed by atoms with E-state index in [0.29, 0.717) is 48.1 Å². The van der Waals surface area contributed by atoms with Gasteiger partial charge in [-0.15, -0.1) is 0 Å². The second-order valence-electron chi connectivity index (χ2n) is 11.3. The third-order valence-electron chi connectivity index (χ3n) is 8.07. The molecule has 1 N–H and O–H groups in total. The summed E-state index contributed by atoms with van der Waals surface area (Å²) in [4.78, 5) is 18.9. The summed E-state index contributed by atoms with van der Waals surface area (Å²) in [6.45, 7) is 3.68. The first-order chi connectivity index (χ1) is 19.0. The maximum atomic E-state index is 15.8. The van der Waals surface area contributed by atoms with Gasteiger partial charge in [-0.2, -0.15) is 0 Å². The number of hydrogen-bond acceptors (Lipinski definition) is 4. The fraction of sp³-hybridized carbons (Fsp3) is 0.500. The number of alkyl halides is 3. The van der Waals surface area contributed by atoms with Crippen molar-refractivity contribution in [2.75, 3.05) is 40.0 Å². The number of ether oxygens (including phenoxy) is 1. The Hall–Kier alpha value is -2.98. The van der Waals surface area contributed by atoms with Crippen LogP contribution in [-0.4, -0.2) is 72.7 Å². The van der Waals surface area contributed by atoms with Crippen LogP contribution in [0.3, 0.4) is 0 Å². The van der Waals surface area contributed by atoms with E-state index in [1.807, 2.05) is 0 Å². The molecule has 0 bridgehead atoms. The number of benzene rings is 2. The molecule has 10 heteroatoms. The Morgan fingerprint density at radius 3 is 2.48 bits per heavy atom. The summed E-state index contributed by atoms with van der Waals surface area (Å²) in [6, 6.07) is 6.02. The molecule has 0 amide bonds. The SMILES string of the molecule is COC(=O)c1ccc2c3c([nH]c2c1)[C@@H](c1c(F)cc(CC2CN(CCCF)C2)cc1F)N(CC(C)(F)F)[C@H](C)C3. The second kappa shape index (κ2) is 11.1. The van der Waals surface area contributed by atoms with Gasteiger partial charge in [-0.05, 0) is 67.5 Å². The molecule has 5 rings (SSSR count). The molecule has 0 saturated carbocycles. The number of nitrogens with one attached hydrogen (secondary N) is 1. The van der Waals surface area contributed by atoms with Crippen LogP contribution in [0.5, 0.6) is 0 Å². The van der Waals surface area contributed by atoms with E-state index in [1.165, 1.54) is 24.1 Å². The number of carbonyl (C=O) groups is 1. The average Bonchev–Trinajstić information content (AvgIpc) is 3.22. The highest BCUT2D eigenvalue weighted by atomic mass is 19.3. The Morgan fingerprint density at radius 1 is 1.15 bits per heavy atom. The minimum absolute atomic E-state index is 0.221. The van der Waals surface area contributed by atoms with Crippen LogP contribution in [0.4, 0.5) is 22.0 Å². The van der Waals surface area contributed by atoms with Gasteiger partial charge in [-0.1, -0.05) is 6.07 Å². The maximum Gasteiger partial charge on any atom is 0.337 e. The number of esters is 1. The van der Waals surface area contributed by atoms with E-state index in [1.54, 1.807) is 25.1 Å². The minimum atomic E-state index is -3.10. The molecule has 0 unspecified atom stereocenters. The molecule has 216 valence electrons. The van der Waals surface area contributed by atoms with Gasteiger partial charge in [0.25, 0.3) is 5.92 Å². The Balaban J connectivity index is 1.53. The van der Waals surface area contributed by atoms with Crippen LogP contribution in [0.15, 0.2) is 30.3 Å². The number of fused-ring (bicyclic) bond motifs is 3. The van der Waals surface area contributed by atoms with Crippen molar-refractivity contribution in [3.8, 4) is 0 Å². The predicted octanol–water partition coefficient (Wildman–Crippen LogP) is 6.06. The molecule has 0 aliphatic carbocycles. The van der Waals surface area contributed by atoms with Gasteiger partial charge in [-0.3, -0.25) is 9.29 Å². The summed E-state index contributed by atoms with van der Waals surface area (Å²) in [5.74, 6) is -4.98. The third-order valence-corrected chi connectivity index (χ3v) is 8.07. The molecule has 5 nitrogen and oxygen atoms in total. The van der Waals surface area contributed by atoms with Crippen molar-refractivity contribution in [2.24, 2.45) is 5.92 Å². The molecular formula is C30H34F5N3O2. The molecular weight excluding hydrogens is 529 g/mol. The van der Waals surface area contributed by atoms with Crippen molar-refractivity contribution < 1.29 is 31.5 Å². The van der Waals surface area contributed by atoms with Gasteiger partial charge < -0.3 is 14.6 Å². The highest BCUT2D eigenvalue weighted by Gasteiger charge is 2.42. The third kappa shape index (κ3) is 5.61. The Morgan fingerprint density at radius 2 is 1.85 bits per heavy atom. The first-order valence-corrected chi connectivity index (χ1v) is 13.6. The maximum absolute atomic E-state index is 15.8. The fourth-order valence-electron chi connectivity index (χ4n) is 6.31. The van der Waals surface area contributed by atoms with Gasteiger partial charge in [-0.25, -0.2) is 22.4 Å². The van der Waals surface area contributed by atoms with Gasteiger partial charge in [0.05, 0.1) is 31.9 Å². The van der Waals surface area contributed by atoms with Crippen LogP contribution in [0.25, 0.3) is 10.9 Å². The zero-order valence-corrected chi connectivity index (χ0v) is 22.9. The van der Waals surface area contributed by atoms with E-state index in [9.17, 15) is 18.0 Å². The smallest absolute Gasteiger partial charge is 0.337 e. The second-order valence-corrected chi connectivity index (χ2v) is 11.3. The Bertz CT molecular complexity index is 1370. The van der Waals surface area contributed by atoms with Crippen LogP contribution >= 0.6 is 0 Å². The quantitative estimate of drug-likeness (QED) is 0.254. The van der Waals surface area contributed by atoms with Gasteiger partial charge in [0, 0.05) is 54.8 Å². The van der Waals surface area contributed by atoms with Crippen molar-refractivity contribution in [1.82, 2.24) is 14.8 Å². The number of aromatic nitrogens is 1. The predicted molar refractivity (Wildman–Crippen MR) is 143 cm³/mol. The number of nitrogens with zero attached hydrogens (tertiary/aromatic N) is 2. The molecule has 1 aromatic heterocycles. The summed E-state index contributed by atoms with van der Waals surface area (Å²) < 4.78 is 77.6. The summed E-state index contributed by atoms with van der Waals surface area (Å²) in [6.07, 6.45) is 1.34. The molecule has 40 heavy (non-hydrogen) atoms. The summed E-state index contributed by atoms with van der Waals surface area (Å²) in [5.41, 5.74) is 2.31. The normalized spacial score (nSPS) is 20.5. The van der Waals surface area contributed by atoms with Crippen LogP contribution in [-0.2, 0) is 17.6 Å². The number of likely N-dealkylation sites (tertiary alicyclic amines) is 1. The number of H-pyrrole nitrogens is 1. The van der Waals surface area contributed by atoms with E-state index >= 15 is 8.78 Å². The molecule has 2 aliphatic rings. The molecule has 2 aromatic carbocycles. The average molecular weight is 564 g/mol. The molecule has 0 spiro atoms. The standard InChI is InChI=1S/C30H34F5N3O2/c1-17-9-22-21-6-5-20(29(39)40-3)13-25(21)36-27(22)28(38(17)16-30(2,34)35)26-23(32)11-18(12-24(26)33)10-19-14-37(15-19)8-4-7-31/h5-6,11-13,17,19,28,36H,4,7-10,14-16H2,1-3H3/t17-,28-/m1/s1. The number of methoxy groups -OCH3 is 1. The number of aromatic amines is 1. The molecule has 1 saturated heterocycles. The van der Waals surface area contributed by atoms with Crippen molar-refractivity contribution in [3.63, 3.8) is 0 Å². The highest BCUT2D eigenvalue weighted by Crippen LogP contribution is 2.44. The highest BCUT2D eigenvalue weighted by molar-refractivity contribution is 5.96. The van der Waals surface area contributed by atoms with E-state index < -0.39 is 42.2 Å². The van der Waals surface area contributed by atoms with Crippen LogP contribution in [0.1, 0.15) is 59.1 Å². The molecule has 2 aliphatic heterocycles. The molecule has 1 fully saturated rings. The van der Waals surface area contributed by atoms with E-state index in [-0.39, 0.29) is 18.2 Å². The zero-order valence-electron chi connectivity index (χ0n) is 22.9. The minimum Gasteiger partial charge on any atom is -0.465 e. The number of carbonyl (C=O) groups excluding carboxylic acids is 1. The molecule has 3 heterocycles.